The van der Waals surface area contributed by atoms with Crippen molar-refractivity contribution in [2.24, 2.45) is 5.73 Å². The van der Waals surface area contributed by atoms with E-state index in [0.29, 0.717) is 17.1 Å². The van der Waals surface area contributed by atoms with Gasteiger partial charge in [-0.1, -0.05) is 11.6 Å². The van der Waals surface area contributed by atoms with Gasteiger partial charge in [0.2, 0.25) is 0 Å². The van der Waals surface area contributed by atoms with Gasteiger partial charge in [0.15, 0.2) is 0 Å². The Morgan fingerprint density at radius 1 is 1.46 bits per heavy atom. The summed E-state index contributed by atoms with van der Waals surface area (Å²) in [5, 5.41) is 0.493. The molecule has 3 heteroatoms. The van der Waals surface area contributed by atoms with Crippen molar-refractivity contribution >= 4 is 11.6 Å². The van der Waals surface area contributed by atoms with Crippen LogP contribution in [0.2, 0.25) is 5.02 Å². The molecule has 0 unspecified atom stereocenters. The highest BCUT2D eigenvalue weighted by Crippen LogP contribution is 2.21. The zero-order valence-corrected chi connectivity index (χ0v) is 8.37. The van der Waals surface area contributed by atoms with Gasteiger partial charge in [0.25, 0.3) is 0 Å². The molecule has 2 N–H and O–H groups in total. The molecule has 0 spiro atoms. The van der Waals surface area contributed by atoms with E-state index in [1.165, 1.54) is 6.07 Å². The van der Waals surface area contributed by atoms with Crippen molar-refractivity contribution in [1.82, 2.24) is 0 Å². The fraction of sp³-hybridized carbons (Fsp3) is 0.400. The average Bonchev–Trinajstić information content (AvgIpc) is 2.10. The molecule has 1 aromatic carbocycles. The summed E-state index contributed by atoms with van der Waals surface area (Å²) < 4.78 is 13.2. The van der Waals surface area contributed by atoms with Crippen molar-refractivity contribution in [3.8, 4) is 0 Å². The minimum atomic E-state index is -0.237. The molecule has 0 saturated carbocycles. The molecule has 0 fully saturated rings. The minimum Gasteiger partial charge on any atom is -0.330 e. The minimum absolute atomic E-state index is 0.237. The fourth-order valence-electron chi connectivity index (χ4n) is 1.15. The molecule has 0 atom stereocenters. The van der Waals surface area contributed by atoms with E-state index in [2.05, 4.69) is 0 Å². The van der Waals surface area contributed by atoms with E-state index in [1.807, 2.05) is 0 Å². The molecular formula is C10H13ClFN. The normalized spacial score (nSPS) is 10.5. The van der Waals surface area contributed by atoms with Gasteiger partial charge in [0.1, 0.15) is 5.82 Å². The zero-order chi connectivity index (χ0) is 9.84. The van der Waals surface area contributed by atoms with Gasteiger partial charge in [0, 0.05) is 10.6 Å². The van der Waals surface area contributed by atoms with Crippen LogP contribution < -0.4 is 5.73 Å². The lowest BCUT2D eigenvalue weighted by molar-refractivity contribution is 0.615. The summed E-state index contributed by atoms with van der Waals surface area (Å²) >= 11 is 5.83. The van der Waals surface area contributed by atoms with Gasteiger partial charge in [-0.2, -0.15) is 0 Å². The second-order valence-corrected chi connectivity index (χ2v) is 3.48. The van der Waals surface area contributed by atoms with Crippen molar-refractivity contribution < 1.29 is 4.39 Å². The topological polar surface area (TPSA) is 26.0 Å². The smallest absolute Gasteiger partial charge is 0.127 e. The van der Waals surface area contributed by atoms with E-state index in [9.17, 15) is 4.39 Å². The molecule has 0 saturated heterocycles. The van der Waals surface area contributed by atoms with E-state index >= 15 is 0 Å². The number of hydrogen-bond acceptors (Lipinski definition) is 1. The molecule has 1 rings (SSSR count). The summed E-state index contributed by atoms with van der Waals surface area (Å²) in [5.41, 5.74) is 6.78. The van der Waals surface area contributed by atoms with Gasteiger partial charge in [-0.3, -0.25) is 0 Å². The van der Waals surface area contributed by atoms with Crippen LogP contribution in [0.4, 0.5) is 4.39 Å². The third-order valence-electron chi connectivity index (χ3n) is 2.01. The van der Waals surface area contributed by atoms with E-state index in [-0.39, 0.29) is 5.82 Å². The standard InChI is InChI=1S/C10H13ClFN/c1-7-9(11)5-8(3-2-4-13)6-10(7)12/h5-6H,2-4,13H2,1H3. The number of hydrogen-bond donors (Lipinski definition) is 1. The van der Waals surface area contributed by atoms with E-state index in [1.54, 1.807) is 13.0 Å². The molecule has 13 heavy (non-hydrogen) atoms. The lowest BCUT2D eigenvalue weighted by Crippen LogP contribution is -2.01. The van der Waals surface area contributed by atoms with Gasteiger partial charge in [-0.25, -0.2) is 4.39 Å². The largest absolute Gasteiger partial charge is 0.330 e. The monoisotopic (exact) mass is 201 g/mol. The van der Waals surface area contributed by atoms with Crippen LogP contribution in [-0.2, 0) is 6.42 Å². The van der Waals surface area contributed by atoms with Gasteiger partial charge in [-0.15, -0.1) is 0 Å². The van der Waals surface area contributed by atoms with Crippen LogP contribution in [0.1, 0.15) is 17.5 Å². The van der Waals surface area contributed by atoms with Crippen LogP contribution in [0.15, 0.2) is 12.1 Å². The SMILES string of the molecule is Cc1c(F)cc(CCCN)cc1Cl. The number of nitrogens with two attached hydrogens (primary N) is 1. The summed E-state index contributed by atoms with van der Waals surface area (Å²) in [6, 6.07) is 3.33. The molecule has 1 nitrogen and oxygen atoms in total. The molecule has 0 aromatic heterocycles. The second kappa shape index (κ2) is 4.58. The lowest BCUT2D eigenvalue weighted by Gasteiger charge is -2.04. The Kier molecular flexibility index (Phi) is 3.70. The van der Waals surface area contributed by atoms with Crippen LogP contribution in [0.3, 0.4) is 0 Å². The maximum Gasteiger partial charge on any atom is 0.127 e. The van der Waals surface area contributed by atoms with Gasteiger partial charge in [-0.05, 0) is 44.0 Å². The molecule has 0 bridgehead atoms. The van der Waals surface area contributed by atoms with Crippen molar-refractivity contribution in [2.75, 3.05) is 6.54 Å². The van der Waals surface area contributed by atoms with Crippen molar-refractivity contribution in [1.29, 1.82) is 0 Å². The lowest BCUT2D eigenvalue weighted by atomic mass is 10.1. The third kappa shape index (κ3) is 2.68. The molecule has 0 heterocycles. The molecular weight excluding hydrogens is 189 g/mol. The highest BCUT2D eigenvalue weighted by molar-refractivity contribution is 6.31. The first-order chi connectivity index (χ1) is 6.15. The molecule has 0 aliphatic carbocycles. The predicted molar refractivity (Wildman–Crippen MR) is 53.5 cm³/mol. The second-order valence-electron chi connectivity index (χ2n) is 3.08. The van der Waals surface area contributed by atoms with Crippen molar-refractivity contribution in [2.45, 2.75) is 19.8 Å². The zero-order valence-electron chi connectivity index (χ0n) is 7.61. The Hall–Kier alpha value is -0.600. The van der Waals surface area contributed by atoms with Crippen LogP contribution >= 0.6 is 11.6 Å². The Bertz CT molecular complexity index is 276. The average molecular weight is 202 g/mol. The Morgan fingerprint density at radius 3 is 2.69 bits per heavy atom. The fourth-order valence-corrected chi connectivity index (χ4v) is 1.38. The summed E-state index contributed by atoms with van der Waals surface area (Å²) in [4.78, 5) is 0. The molecule has 0 aliphatic rings. The first kappa shape index (κ1) is 10.5. The first-order valence-corrected chi connectivity index (χ1v) is 4.67. The summed E-state index contributed by atoms with van der Waals surface area (Å²) in [6.45, 7) is 2.29. The summed E-state index contributed by atoms with van der Waals surface area (Å²) in [5.74, 6) is -0.237. The molecule has 0 amide bonds. The molecule has 0 aliphatic heterocycles. The number of aryl methyl sites for hydroxylation is 1. The molecule has 1 aromatic rings. The van der Waals surface area contributed by atoms with Gasteiger partial charge in [0.05, 0.1) is 0 Å². The number of halogens is 2. The number of benzene rings is 1. The Labute approximate surface area is 82.7 Å². The van der Waals surface area contributed by atoms with Crippen LogP contribution in [0.25, 0.3) is 0 Å². The van der Waals surface area contributed by atoms with Gasteiger partial charge >= 0.3 is 0 Å². The maximum atomic E-state index is 13.2. The maximum absolute atomic E-state index is 13.2. The molecule has 0 radical (unpaired) electrons. The predicted octanol–water partition coefficient (Wildman–Crippen LogP) is 2.68. The quantitative estimate of drug-likeness (QED) is 0.800. The first-order valence-electron chi connectivity index (χ1n) is 4.29. The number of rotatable bonds is 3. The van der Waals surface area contributed by atoms with Crippen molar-refractivity contribution in [3.63, 3.8) is 0 Å². The van der Waals surface area contributed by atoms with Crippen LogP contribution in [-0.4, -0.2) is 6.54 Å². The molecule has 72 valence electrons. The third-order valence-corrected chi connectivity index (χ3v) is 2.40. The van der Waals surface area contributed by atoms with E-state index in [0.717, 1.165) is 18.4 Å². The highest BCUT2D eigenvalue weighted by atomic mass is 35.5. The summed E-state index contributed by atoms with van der Waals surface area (Å²) in [7, 11) is 0. The van der Waals surface area contributed by atoms with E-state index < -0.39 is 0 Å². The Balaban J connectivity index is 2.86. The highest BCUT2D eigenvalue weighted by Gasteiger charge is 2.04. The van der Waals surface area contributed by atoms with E-state index in [4.69, 9.17) is 17.3 Å². The Morgan fingerprint density at radius 2 is 2.15 bits per heavy atom. The van der Waals surface area contributed by atoms with Gasteiger partial charge < -0.3 is 5.73 Å². The van der Waals surface area contributed by atoms with Crippen LogP contribution in [0.5, 0.6) is 0 Å². The summed E-state index contributed by atoms with van der Waals surface area (Å²) in [6.07, 6.45) is 1.65. The van der Waals surface area contributed by atoms with Crippen molar-refractivity contribution in [3.05, 3.63) is 34.1 Å². The van der Waals surface area contributed by atoms with Crippen LogP contribution in [0, 0.1) is 12.7 Å².